The van der Waals surface area contributed by atoms with Crippen molar-refractivity contribution in [1.82, 2.24) is 19.1 Å². The number of para-hydroxylation sites is 4. The van der Waals surface area contributed by atoms with Gasteiger partial charge >= 0.3 is 0 Å². The van der Waals surface area contributed by atoms with Gasteiger partial charge in [0.25, 0.3) is 0 Å². The van der Waals surface area contributed by atoms with E-state index < -0.39 is 0 Å². The van der Waals surface area contributed by atoms with E-state index in [0.717, 1.165) is 106 Å². The first-order valence-corrected chi connectivity index (χ1v) is 33.6. The van der Waals surface area contributed by atoms with Gasteiger partial charge in [0.1, 0.15) is 11.6 Å². The van der Waals surface area contributed by atoms with Gasteiger partial charge in [-0.25, -0.2) is 9.97 Å². The van der Waals surface area contributed by atoms with E-state index in [1.807, 2.05) is 0 Å². The summed E-state index contributed by atoms with van der Waals surface area (Å²) in [6, 6.07) is 133. The number of nitrogens with zero attached hydrogens (tertiary/aromatic N) is 4. The van der Waals surface area contributed by atoms with Gasteiger partial charge in [-0.3, -0.25) is 9.13 Å². The minimum Gasteiger partial charge on any atom is -0.292 e. The number of imidazole rings is 2. The Morgan fingerprint density at radius 3 is 1.00 bits per heavy atom. The highest BCUT2D eigenvalue weighted by molar-refractivity contribution is 6.24. The minimum absolute atomic E-state index is 0.885. The van der Waals surface area contributed by atoms with Gasteiger partial charge in [0.2, 0.25) is 0 Å². The van der Waals surface area contributed by atoms with Crippen molar-refractivity contribution in [2.75, 3.05) is 0 Å². The van der Waals surface area contributed by atoms with Gasteiger partial charge in [0, 0.05) is 22.5 Å². The highest BCUT2D eigenvalue weighted by Crippen LogP contribution is 2.49. The molecule has 0 fully saturated rings. The Bertz CT molecular complexity index is 6220. The minimum atomic E-state index is 0.885. The fraction of sp³-hybridized carbons (Fsp3) is 0. The van der Waals surface area contributed by atoms with Crippen LogP contribution in [-0.2, 0) is 0 Å². The number of hydrogen-bond donors (Lipinski definition) is 0. The van der Waals surface area contributed by atoms with Crippen LogP contribution < -0.4 is 0 Å². The molecule has 0 spiro atoms. The molecule has 0 atom stereocenters. The fourth-order valence-electron chi connectivity index (χ4n) is 15.5. The van der Waals surface area contributed by atoms with Crippen molar-refractivity contribution >= 4 is 75.9 Å². The number of aromatic nitrogens is 4. The predicted octanol–water partition coefficient (Wildman–Crippen LogP) is 25.1. The topological polar surface area (TPSA) is 35.6 Å². The van der Waals surface area contributed by atoms with E-state index in [-0.39, 0.29) is 0 Å². The summed E-state index contributed by atoms with van der Waals surface area (Å²) in [6.45, 7) is 0. The van der Waals surface area contributed by atoms with Crippen molar-refractivity contribution in [3.05, 3.63) is 364 Å². The van der Waals surface area contributed by atoms with Crippen LogP contribution in [0.15, 0.2) is 364 Å². The van der Waals surface area contributed by atoms with Crippen LogP contribution in [0, 0.1) is 0 Å². The molecule has 4 heteroatoms. The molecule has 19 rings (SSSR count). The number of rotatable bonds is 11. The molecule has 0 N–H and O–H groups in total. The second kappa shape index (κ2) is 23.5. The van der Waals surface area contributed by atoms with Crippen LogP contribution in [0.1, 0.15) is 0 Å². The van der Waals surface area contributed by atoms with E-state index in [4.69, 9.17) is 9.97 Å². The summed E-state index contributed by atoms with van der Waals surface area (Å²) in [7, 11) is 0. The molecule has 0 saturated carbocycles. The van der Waals surface area contributed by atoms with Gasteiger partial charge in [-0.15, -0.1) is 0 Å². The smallest absolute Gasteiger partial charge is 0.145 e. The van der Waals surface area contributed by atoms with Crippen LogP contribution >= 0.6 is 0 Å². The summed E-state index contributed by atoms with van der Waals surface area (Å²) in [5.74, 6) is 1.81. The van der Waals surface area contributed by atoms with Crippen molar-refractivity contribution in [1.29, 1.82) is 0 Å². The van der Waals surface area contributed by atoms with Gasteiger partial charge in [-0.05, 0) is 211 Å². The third-order valence-electron chi connectivity index (χ3n) is 19.9. The summed E-state index contributed by atoms with van der Waals surface area (Å²) in [6.07, 6.45) is 0. The molecule has 98 heavy (non-hydrogen) atoms. The summed E-state index contributed by atoms with van der Waals surface area (Å²) in [5.41, 5.74) is 24.7. The predicted molar refractivity (Wildman–Crippen MR) is 412 cm³/mol. The van der Waals surface area contributed by atoms with Crippen LogP contribution in [-0.4, -0.2) is 19.1 Å². The summed E-state index contributed by atoms with van der Waals surface area (Å²) < 4.78 is 4.61. The number of hydrogen-bond acceptors (Lipinski definition) is 2. The van der Waals surface area contributed by atoms with Crippen LogP contribution in [0.25, 0.3) is 188 Å². The lowest BCUT2D eigenvalue weighted by atomic mass is 9.84. The highest BCUT2D eigenvalue weighted by atomic mass is 15.1. The van der Waals surface area contributed by atoms with E-state index in [9.17, 15) is 0 Å². The monoisotopic (exact) mass is 1240 g/mol. The second-order valence-electron chi connectivity index (χ2n) is 25.5. The molecule has 17 aromatic carbocycles. The summed E-state index contributed by atoms with van der Waals surface area (Å²) in [5, 5.41) is 12.2. The van der Waals surface area contributed by atoms with E-state index in [1.54, 1.807) is 0 Å². The van der Waals surface area contributed by atoms with Crippen LogP contribution in [0.5, 0.6) is 0 Å². The molecule has 2 aromatic heterocycles. The highest BCUT2D eigenvalue weighted by Gasteiger charge is 2.23. The molecule has 4 nitrogen and oxygen atoms in total. The Morgan fingerprint density at radius 1 is 0.184 bits per heavy atom. The fourth-order valence-corrected chi connectivity index (χ4v) is 15.5. The zero-order chi connectivity index (χ0) is 64.6. The van der Waals surface area contributed by atoms with E-state index in [0.29, 0.717) is 0 Å². The van der Waals surface area contributed by atoms with Crippen molar-refractivity contribution in [3.63, 3.8) is 0 Å². The maximum atomic E-state index is 5.42. The molecule has 0 aliphatic rings. The Hall–Kier alpha value is -13.0. The number of fused-ring (bicyclic) bond motifs is 7. The normalized spacial score (nSPS) is 11.7. The van der Waals surface area contributed by atoms with Crippen molar-refractivity contribution < 1.29 is 0 Å². The lowest BCUT2D eigenvalue weighted by Gasteiger charge is -2.19. The molecule has 0 aliphatic heterocycles. The third kappa shape index (κ3) is 9.52. The SMILES string of the molecule is c1ccc(-c2cc(-c3cccc(-c4cccc(-c5nc6ccccc6n5-c5ccc(-c6c7ccccc7c(-c7cccc8ccccc78)c7ccccc67)cc5)c4)c3)cc(-c3c4ccccc4c(-c4ccc(-n5c(-c6ccccc6)nc6ccccc65)cc4)c4ccccc34)c2)cc1. The van der Waals surface area contributed by atoms with Crippen molar-refractivity contribution in [2.45, 2.75) is 0 Å². The van der Waals surface area contributed by atoms with Gasteiger partial charge in [0.05, 0.1) is 22.1 Å². The zero-order valence-corrected chi connectivity index (χ0v) is 53.4. The molecule has 0 bridgehead atoms. The largest absolute Gasteiger partial charge is 0.292 e. The molecule has 0 amide bonds. The first-order valence-electron chi connectivity index (χ1n) is 33.6. The lowest BCUT2D eigenvalue weighted by Crippen LogP contribution is -1.98. The Balaban J connectivity index is 0.697. The number of benzene rings is 17. The molecule has 0 aliphatic carbocycles. The average molecular weight is 1250 g/mol. The molecule has 2 heterocycles. The Labute approximate surface area is 567 Å². The third-order valence-corrected chi connectivity index (χ3v) is 19.9. The second-order valence-corrected chi connectivity index (χ2v) is 25.5. The van der Waals surface area contributed by atoms with Crippen molar-refractivity contribution in [2.24, 2.45) is 0 Å². The van der Waals surface area contributed by atoms with Gasteiger partial charge in [0.15, 0.2) is 0 Å². The zero-order valence-electron chi connectivity index (χ0n) is 53.4. The van der Waals surface area contributed by atoms with Gasteiger partial charge < -0.3 is 0 Å². The van der Waals surface area contributed by atoms with E-state index in [1.165, 1.54) is 81.7 Å². The molecular weight excluding hydrogens is 1190 g/mol. The molecule has 0 saturated heterocycles. The first kappa shape index (κ1) is 56.5. The molecule has 0 unspecified atom stereocenters. The maximum absolute atomic E-state index is 5.42. The van der Waals surface area contributed by atoms with Crippen LogP contribution in [0.3, 0.4) is 0 Å². The molecule has 19 aromatic rings. The Morgan fingerprint density at radius 2 is 0.500 bits per heavy atom. The molecule has 0 radical (unpaired) electrons. The standard InChI is InChI=1S/C94H60N4/c1-3-24-61(25-4-1)70-58-71(60-72(59-70)91-79-37-11-9-35-77(79)89(78-36-10-12-38-80(78)91)63-48-52-73(53-49-63)97-87-46-19-17-44-85(87)95-93(97)65-27-5-2-6-28-65)68-32-21-30-66(56-68)67-31-22-33-69(57-67)94-96-86-45-18-20-47-88(86)98(94)74-54-50-64(51-55-74)90-81-39-13-15-41-83(81)92(84-42-16-14-40-82(84)90)76-43-23-29-62-26-7-8-34-75(62)76/h1-60H. The van der Waals surface area contributed by atoms with E-state index in [2.05, 4.69) is 373 Å². The van der Waals surface area contributed by atoms with Gasteiger partial charge in [-0.2, -0.15) is 0 Å². The van der Waals surface area contributed by atoms with Crippen LogP contribution in [0.4, 0.5) is 0 Å². The van der Waals surface area contributed by atoms with E-state index >= 15 is 0 Å². The molecule has 456 valence electrons. The summed E-state index contributed by atoms with van der Waals surface area (Å²) in [4.78, 5) is 10.6. The Kier molecular flexibility index (Phi) is 13.5. The molecular formula is C94H60N4. The van der Waals surface area contributed by atoms with Gasteiger partial charge in [-0.1, -0.05) is 285 Å². The quantitative estimate of drug-likeness (QED) is 0.121. The summed E-state index contributed by atoms with van der Waals surface area (Å²) >= 11 is 0. The van der Waals surface area contributed by atoms with Crippen molar-refractivity contribution in [3.8, 4) is 112 Å². The average Bonchev–Trinajstić information content (AvgIpc) is 1.02. The van der Waals surface area contributed by atoms with Crippen LogP contribution in [0.2, 0.25) is 0 Å². The lowest BCUT2D eigenvalue weighted by molar-refractivity contribution is 1.10. The maximum Gasteiger partial charge on any atom is 0.145 e. The first-order chi connectivity index (χ1) is 48.6.